The molecule has 0 aliphatic carbocycles. The van der Waals surface area contributed by atoms with Gasteiger partial charge in [-0.3, -0.25) is 9.59 Å². The molecule has 170 valence electrons. The van der Waals surface area contributed by atoms with Crippen molar-refractivity contribution < 1.29 is 23.8 Å². The molecule has 0 saturated carbocycles. The number of carbonyl (C=O) groups is 2. The number of ketones is 1. The lowest BCUT2D eigenvalue weighted by Gasteiger charge is -2.26. The van der Waals surface area contributed by atoms with E-state index in [0.29, 0.717) is 30.9 Å². The van der Waals surface area contributed by atoms with Crippen molar-refractivity contribution in [2.45, 2.75) is 25.8 Å². The monoisotopic (exact) mass is 440 g/mol. The highest BCUT2D eigenvalue weighted by atomic mass is 19.1. The molecule has 1 atom stereocenters. The molecular formula is C25H29FN2O4. The van der Waals surface area contributed by atoms with Gasteiger partial charge in [0.05, 0.1) is 18.2 Å². The van der Waals surface area contributed by atoms with Gasteiger partial charge < -0.3 is 19.6 Å². The fourth-order valence-electron chi connectivity index (χ4n) is 3.80. The van der Waals surface area contributed by atoms with E-state index in [0.717, 1.165) is 6.42 Å². The molecule has 0 bridgehead atoms. The minimum absolute atomic E-state index is 0.113. The minimum Gasteiger partial charge on any atom is -0.507 e. The zero-order valence-corrected chi connectivity index (χ0v) is 18.7. The second kappa shape index (κ2) is 10.4. The summed E-state index contributed by atoms with van der Waals surface area (Å²) in [6, 6.07) is 11.7. The van der Waals surface area contributed by atoms with E-state index in [4.69, 9.17) is 4.74 Å². The summed E-state index contributed by atoms with van der Waals surface area (Å²) in [7, 11) is 3.83. The van der Waals surface area contributed by atoms with Gasteiger partial charge in [0.15, 0.2) is 0 Å². The zero-order valence-electron chi connectivity index (χ0n) is 18.7. The average molecular weight is 441 g/mol. The second-order valence-corrected chi connectivity index (χ2v) is 8.05. The summed E-state index contributed by atoms with van der Waals surface area (Å²) in [5, 5.41) is 11.1. The smallest absolute Gasteiger partial charge is 0.295 e. The van der Waals surface area contributed by atoms with Crippen LogP contribution in [0.25, 0.3) is 5.76 Å². The summed E-state index contributed by atoms with van der Waals surface area (Å²) in [6.45, 7) is 3.45. The third-order valence-corrected chi connectivity index (χ3v) is 5.32. The van der Waals surface area contributed by atoms with Crippen LogP contribution in [0.2, 0.25) is 0 Å². The van der Waals surface area contributed by atoms with E-state index in [1.807, 2.05) is 25.9 Å². The number of benzene rings is 2. The van der Waals surface area contributed by atoms with Gasteiger partial charge in [-0.15, -0.1) is 0 Å². The lowest BCUT2D eigenvalue weighted by molar-refractivity contribution is -0.140. The Kier molecular flexibility index (Phi) is 7.64. The van der Waals surface area contributed by atoms with Crippen molar-refractivity contribution in [2.75, 3.05) is 33.8 Å². The predicted molar refractivity (Wildman–Crippen MR) is 121 cm³/mol. The van der Waals surface area contributed by atoms with Crippen molar-refractivity contribution >= 4 is 17.4 Å². The molecule has 0 aromatic heterocycles. The lowest BCUT2D eigenvalue weighted by atomic mass is 9.95. The fraction of sp³-hybridized carbons (Fsp3) is 0.360. The Labute approximate surface area is 187 Å². The van der Waals surface area contributed by atoms with Crippen LogP contribution < -0.4 is 4.74 Å². The Morgan fingerprint density at radius 1 is 1.16 bits per heavy atom. The number of halogens is 1. The molecule has 1 heterocycles. The first kappa shape index (κ1) is 23.5. The van der Waals surface area contributed by atoms with Gasteiger partial charge in [0.1, 0.15) is 17.3 Å². The van der Waals surface area contributed by atoms with Crippen molar-refractivity contribution in [3.8, 4) is 5.75 Å². The second-order valence-electron chi connectivity index (χ2n) is 8.05. The van der Waals surface area contributed by atoms with Crippen LogP contribution in [0, 0.1) is 5.82 Å². The van der Waals surface area contributed by atoms with Crippen molar-refractivity contribution in [1.82, 2.24) is 9.80 Å². The van der Waals surface area contributed by atoms with E-state index in [9.17, 15) is 19.1 Å². The van der Waals surface area contributed by atoms with E-state index in [1.165, 1.54) is 11.0 Å². The van der Waals surface area contributed by atoms with Crippen molar-refractivity contribution in [3.05, 3.63) is 71.0 Å². The van der Waals surface area contributed by atoms with Gasteiger partial charge >= 0.3 is 0 Å². The maximum atomic E-state index is 14.8. The molecule has 1 saturated heterocycles. The highest BCUT2D eigenvalue weighted by Gasteiger charge is 2.46. The number of Topliss-reactive ketones (excluding diaryl/α,β-unsaturated/α-hetero) is 1. The van der Waals surface area contributed by atoms with Crippen molar-refractivity contribution in [1.29, 1.82) is 0 Å². The molecule has 0 radical (unpaired) electrons. The Balaban J connectivity index is 2.08. The summed E-state index contributed by atoms with van der Waals surface area (Å²) >= 11 is 0. The molecule has 0 spiro atoms. The van der Waals surface area contributed by atoms with Gasteiger partial charge in [-0.05, 0) is 51.7 Å². The van der Waals surface area contributed by atoms with E-state index in [1.54, 1.807) is 42.5 Å². The zero-order chi connectivity index (χ0) is 23.3. The maximum absolute atomic E-state index is 14.8. The molecule has 2 aromatic rings. The van der Waals surface area contributed by atoms with Gasteiger partial charge in [0.2, 0.25) is 0 Å². The molecular weight excluding hydrogens is 411 g/mol. The van der Waals surface area contributed by atoms with Crippen molar-refractivity contribution in [3.63, 3.8) is 0 Å². The summed E-state index contributed by atoms with van der Waals surface area (Å²) in [5.74, 6) is -1.90. The van der Waals surface area contributed by atoms with E-state index < -0.39 is 23.5 Å². The maximum Gasteiger partial charge on any atom is 0.295 e. The number of hydrogen-bond donors (Lipinski definition) is 1. The first-order valence-corrected chi connectivity index (χ1v) is 10.8. The largest absolute Gasteiger partial charge is 0.507 e. The van der Waals surface area contributed by atoms with Crippen LogP contribution in [0.4, 0.5) is 4.39 Å². The number of aliphatic hydroxyl groups excluding tert-OH is 1. The topological polar surface area (TPSA) is 70.1 Å². The number of rotatable bonds is 9. The van der Waals surface area contributed by atoms with E-state index >= 15 is 0 Å². The molecule has 7 heteroatoms. The van der Waals surface area contributed by atoms with Crippen LogP contribution in [0.3, 0.4) is 0 Å². The first-order chi connectivity index (χ1) is 15.3. The average Bonchev–Trinajstić information content (AvgIpc) is 3.02. The Bertz CT molecular complexity index is 1020. The fourth-order valence-corrected chi connectivity index (χ4v) is 3.80. The van der Waals surface area contributed by atoms with Crippen LogP contribution in [-0.2, 0) is 9.59 Å². The summed E-state index contributed by atoms with van der Waals surface area (Å²) < 4.78 is 20.4. The summed E-state index contributed by atoms with van der Waals surface area (Å²) in [6.07, 6.45) is 1.42. The lowest BCUT2D eigenvalue weighted by Crippen LogP contribution is -2.32. The van der Waals surface area contributed by atoms with Gasteiger partial charge in [0, 0.05) is 17.7 Å². The predicted octanol–water partition coefficient (Wildman–Crippen LogP) is 3.99. The van der Waals surface area contributed by atoms with Gasteiger partial charge in [-0.2, -0.15) is 0 Å². The van der Waals surface area contributed by atoms with Crippen LogP contribution in [0.5, 0.6) is 5.75 Å². The highest BCUT2D eigenvalue weighted by molar-refractivity contribution is 6.46. The third-order valence-electron chi connectivity index (χ3n) is 5.32. The molecule has 1 aliphatic heterocycles. The van der Waals surface area contributed by atoms with Gasteiger partial charge in [-0.25, -0.2) is 4.39 Å². The van der Waals surface area contributed by atoms with E-state index in [2.05, 4.69) is 0 Å². The van der Waals surface area contributed by atoms with Crippen LogP contribution >= 0.6 is 0 Å². The molecule has 1 aliphatic rings. The molecule has 1 amide bonds. The number of amides is 1. The highest BCUT2D eigenvalue weighted by Crippen LogP contribution is 2.40. The molecule has 3 rings (SSSR count). The molecule has 1 N–H and O–H groups in total. The van der Waals surface area contributed by atoms with E-state index in [-0.39, 0.29) is 23.4 Å². The Morgan fingerprint density at radius 3 is 2.59 bits per heavy atom. The molecule has 1 fully saturated rings. The molecule has 1 unspecified atom stereocenters. The SMILES string of the molecule is CCCOc1cccc(C(O)=C2C(=O)C(=O)N(CCCN(C)C)C2c2ccccc2F)c1. The number of carbonyl (C=O) groups excluding carboxylic acids is 2. The minimum atomic E-state index is -1.00. The number of ether oxygens (including phenoxy) is 1. The molecule has 6 nitrogen and oxygen atoms in total. The Hall–Kier alpha value is -3.19. The summed E-state index contributed by atoms with van der Waals surface area (Å²) in [5.41, 5.74) is 0.403. The number of aliphatic hydroxyl groups is 1. The molecule has 32 heavy (non-hydrogen) atoms. The quantitative estimate of drug-likeness (QED) is 0.363. The van der Waals surface area contributed by atoms with Crippen LogP contribution in [-0.4, -0.2) is 60.4 Å². The number of nitrogens with zero attached hydrogens (tertiary/aromatic N) is 2. The third kappa shape index (κ3) is 4.99. The standard InChI is InChI=1S/C25H29FN2O4/c1-4-15-32-18-10-7-9-17(16-18)23(29)21-22(19-11-5-6-12-20(19)26)28(25(31)24(21)30)14-8-13-27(2)3/h5-7,9-12,16,22,29H,4,8,13-15H2,1-3H3. The Morgan fingerprint density at radius 2 is 1.91 bits per heavy atom. The number of hydrogen-bond acceptors (Lipinski definition) is 5. The van der Waals surface area contributed by atoms with Crippen molar-refractivity contribution in [2.24, 2.45) is 0 Å². The van der Waals surface area contributed by atoms with Crippen LogP contribution in [0.15, 0.2) is 54.1 Å². The first-order valence-electron chi connectivity index (χ1n) is 10.8. The normalized spacial score (nSPS) is 17.9. The number of likely N-dealkylation sites (tertiary alicyclic amines) is 1. The van der Waals surface area contributed by atoms with Gasteiger partial charge in [-0.1, -0.05) is 37.3 Å². The molecule has 2 aromatic carbocycles. The summed E-state index contributed by atoms with van der Waals surface area (Å²) in [4.78, 5) is 29.2. The van der Waals surface area contributed by atoms with Gasteiger partial charge in [0.25, 0.3) is 11.7 Å². The van der Waals surface area contributed by atoms with Crippen LogP contribution in [0.1, 0.15) is 36.9 Å².